The number of hydrogen-bond acceptors (Lipinski definition) is 3. The van der Waals surface area contributed by atoms with Crippen molar-refractivity contribution in [2.75, 3.05) is 12.8 Å². The molecule has 1 N–H and O–H groups in total. The number of rotatable bonds is 6. The summed E-state index contributed by atoms with van der Waals surface area (Å²) in [5.74, 6) is -0.274. The number of ether oxygens (including phenoxy) is 1. The van der Waals surface area contributed by atoms with Gasteiger partial charge in [-0.1, -0.05) is 6.07 Å². The Kier molecular flexibility index (Phi) is 6.47. The summed E-state index contributed by atoms with van der Waals surface area (Å²) >= 11 is 3.04. The van der Waals surface area contributed by atoms with Crippen molar-refractivity contribution >= 4 is 26.7 Å². The minimum Gasteiger partial charge on any atom is -0.405 e. The van der Waals surface area contributed by atoms with E-state index in [0.29, 0.717) is 13.1 Å². The summed E-state index contributed by atoms with van der Waals surface area (Å²) in [5.41, 5.74) is 0.806. The zero-order valence-corrected chi connectivity index (χ0v) is 13.4. The number of halogens is 4. The van der Waals surface area contributed by atoms with Crippen LogP contribution in [-0.4, -0.2) is 28.6 Å². The SMILES string of the molecule is CC(CNCc1ccc(OC(F)(F)F)c(Br)c1)S(C)=O. The molecule has 0 bridgehead atoms. The quantitative estimate of drug-likeness (QED) is 0.831. The van der Waals surface area contributed by atoms with Gasteiger partial charge in [-0.3, -0.25) is 4.21 Å². The van der Waals surface area contributed by atoms with Crippen LogP contribution in [0.1, 0.15) is 12.5 Å². The molecule has 0 saturated carbocycles. The van der Waals surface area contributed by atoms with E-state index in [4.69, 9.17) is 0 Å². The molecule has 0 aliphatic carbocycles. The third-order valence-electron chi connectivity index (χ3n) is 2.55. The molecule has 2 unspecified atom stereocenters. The number of nitrogens with one attached hydrogen (secondary N) is 1. The van der Waals surface area contributed by atoms with Gasteiger partial charge < -0.3 is 10.1 Å². The highest BCUT2D eigenvalue weighted by Crippen LogP contribution is 2.30. The van der Waals surface area contributed by atoms with Crippen LogP contribution in [0, 0.1) is 0 Å². The first-order chi connectivity index (χ1) is 9.19. The molecule has 1 rings (SSSR count). The van der Waals surface area contributed by atoms with Crippen molar-refractivity contribution in [3.63, 3.8) is 0 Å². The van der Waals surface area contributed by atoms with E-state index in [-0.39, 0.29) is 15.5 Å². The predicted molar refractivity (Wildman–Crippen MR) is 76.1 cm³/mol. The monoisotopic (exact) mass is 373 g/mol. The lowest BCUT2D eigenvalue weighted by Gasteiger charge is -2.13. The predicted octanol–water partition coefficient (Wildman–Crippen LogP) is 3.20. The maximum absolute atomic E-state index is 12.1. The van der Waals surface area contributed by atoms with Crippen molar-refractivity contribution in [1.82, 2.24) is 5.32 Å². The Labute approximate surface area is 126 Å². The van der Waals surface area contributed by atoms with E-state index in [0.717, 1.165) is 5.56 Å². The van der Waals surface area contributed by atoms with Crippen LogP contribution in [0.5, 0.6) is 5.75 Å². The lowest BCUT2D eigenvalue weighted by Crippen LogP contribution is -2.27. The lowest BCUT2D eigenvalue weighted by atomic mass is 10.2. The molecule has 0 saturated heterocycles. The Bertz CT molecular complexity index is 482. The summed E-state index contributed by atoms with van der Waals surface area (Å²) in [6.45, 7) is 2.91. The van der Waals surface area contributed by atoms with Gasteiger partial charge in [-0.2, -0.15) is 0 Å². The van der Waals surface area contributed by atoms with Crippen molar-refractivity contribution in [1.29, 1.82) is 0 Å². The molecule has 0 spiro atoms. The van der Waals surface area contributed by atoms with E-state index in [1.165, 1.54) is 6.07 Å². The molecule has 2 atom stereocenters. The van der Waals surface area contributed by atoms with Crippen molar-refractivity contribution in [2.45, 2.75) is 25.1 Å². The van der Waals surface area contributed by atoms with Crippen LogP contribution in [0.2, 0.25) is 0 Å². The van der Waals surface area contributed by atoms with Gasteiger partial charge in [-0.15, -0.1) is 13.2 Å². The van der Waals surface area contributed by atoms with Gasteiger partial charge in [-0.05, 0) is 40.5 Å². The summed E-state index contributed by atoms with van der Waals surface area (Å²) in [6, 6.07) is 4.37. The number of alkyl halides is 3. The van der Waals surface area contributed by atoms with Crippen LogP contribution in [0.25, 0.3) is 0 Å². The molecule has 1 aromatic carbocycles. The Morgan fingerprint density at radius 1 is 1.45 bits per heavy atom. The van der Waals surface area contributed by atoms with Gasteiger partial charge in [0, 0.05) is 35.4 Å². The Hall–Kier alpha value is -0.600. The minimum atomic E-state index is -4.71. The summed E-state index contributed by atoms with van der Waals surface area (Å²) in [4.78, 5) is 0. The standard InChI is InChI=1S/C12H15BrF3NO2S/c1-8(20(2)18)6-17-7-9-3-4-11(10(13)5-9)19-12(14,15)16/h3-5,8,17H,6-7H2,1-2H3. The van der Waals surface area contributed by atoms with E-state index < -0.39 is 17.2 Å². The molecule has 114 valence electrons. The molecule has 8 heteroatoms. The maximum atomic E-state index is 12.1. The molecular weight excluding hydrogens is 359 g/mol. The van der Waals surface area contributed by atoms with Crippen LogP contribution in [0.4, 0.5) is 13.2 Å². The van der Waals surface area contributed by atoms with Crippen LogP contribution in [0.15, 0.2) is 22.7 Å². The number of benzene rings is 1. The van der Waals surface area contributed by atoms with Gasteiger partial charge in [0.05, 0.1) is 4.47 Å². The summed E-state index contributed by atoms with van der Waals surface area (Å²) in [7, 11) is -0.904. The second-order valence-electron chi connectivity index (χ2n) is 4.25. The molecular formula is C12H15BrF3NO2S. The third-order valence-corrected chi connectivity index (χ3v) is 4.47. The highest BCUT2D eigenvalue weighted by Gasteiger charge is 2.31. The molecule has 3 nitrogen and oxygen atoms in total. The minimum absolute atomic E-state index is 0.0197. The topological polar surface area (TPSA) is 38.3 Å². The van der Waals surface area contributed by atoms with Crippen LogP contribution >= 0.6 is 15.9 Å². The molecule has 20 heavy (non-hydrogen) atoms. The first-order valence-corrected chi connectivity index (χ1v) is 8.17. The average molecular weight is 374 g/mol. The highest BCUT2D eigenvalue weighted by molar-refractivity contribution is 9.10. The second-order valence-corrected chi connectivity index (χ2v) is 6.91. The van der Waals surface area contributed by atoms with Crippen LogP contribution < -0.4 is 10.1 Å². The maximum Gasteiger partial charge on any atom is 0.573 e. The molecule has 0 aliphatic rings. The fourth-order valence-corrected chi connectivity index (χ4v) is 2.26. The van der Waals surface area contributed by atoms with E-state index in [1.54, 1.807) is 18.4 Å². The second kappa shape index (κ2) is 7.42. The first kappa shape index (κ1) is 17.5. The molecule has 0 aromatic heterocycles. The lowest BCUT2D eigenvalue weighted by molar-refractivity contribution is -0.274. The summed E-state index contributed by atoms with van der Waals surface area (Å²) in [6.07, 6.45) is -3.07. The average Bonchev–Trinajstić information content (AvgIpc) is 2.30. The van der Waals surface area contributed by atoms with Gasteiger partial charge in [0.15, 0.2) is 0 Å². The fraction of sp³-hybridized carbons (Fsp3) is 0.500. The summed E-state index contributed by atoms with van der Waals surface area (Å²) < 4.78 is 51.6. The van der Waals surface area contributed by atoms with Crippen molar-refractivity contribution < 1.29 is 22.1 Å². The molecule has 0 radical (unpaired) electrons. The Morgan fingerprint density at radius 3 is 2.60 bits per heavy atom. The molecule has 1 aromatic rings. The third kappa shape index (κ3) is 6.23. The van der Waals surface area contributed by atoms with Crippen molar-refractivity contribution in [2.24, 2.45) is 0 Å². The van der Waals surface area contributed by atoms with E-state index in [2.05, 4.69) is 26.0 Å². The number of hydrogen-bond donors (Lipinski definition) is 1. The van der Waals surface area contributed by atoms with E-state index in [1.807, 2.05) is 6.92 Å². The normalized spacial score (nSPS) is 14.9. The van der Waals surface area contributed by atoms with Crippen LogP contribution in [-0.2, 0) is 17.3 Å². The van der Waals surface area contributed by atoms with E-state index >= 15 is 0 Å². The van der Waals surface area contributed by atoms with Gasteiger partial charge in [-0.25, -0.2) is 0 Å². The van der Waals surface area contributed by atoms with Gasteiger partial charge in [0.25, 0.3) is 0 Å². The largest absolute Gasteiger partial charge is 0.573 e. The van der Waals surface area contributed by atoms with Gasteiger partial charge in [0.2, 0.25) is 0 Å². The Balaban J connectivity index is 2.57. The molecule has 0 heterocycles. The van der Waals surface area contributed by atoms with Crippen molar-refractivity contribution in [3.05, 3.63) is 28.2 Å². The smallest absolute Gasteiger partial charge is 0.405 e. The molecule has 0 amide bonds. The van der Waals surface area contributed by atoms with Gasteiger partial charge >= 0.3 is 6.36 Å². The molecule has 0 fully saturated rings. The van der Waals surface area contributed by atoms with Crippen LogP contribution in [0.3, 0.4) is 0 Å². The zero-order valence-electron chi connectivity index (χ0n) is 11.0. The van der Waals surface area contributed by atoms with E-state index in [9.17, 15) is 17.4 Å². The van der Waals surface area contributed by atoms with Gasteiger partial charge in [0.1, 0.15) is 5.75 Å². The summed E-state index contributed by atoms with van der Waals surface area (Å²) in [5, 5.41) is 3.12. The zero-order chi connectivity index (χ0) is 15.3. The Morgan fingerprint density at radius 2 is 2.10 bits per heavy atom. The van der Waals surface area contributed by atoms with Crippen molar-refractivity contribution in [3.8, 4) is 5.75 Å². The fourth-order valence-electron chi connectivity index (χ4n) is 1.40. The highest BCUT2D eigenvalue weighted by atomic mass is 79.9. The first-order valence-electron chi connectivity index (χ1n) is 5.76. The molecule has 0 aliphatic heterocycles.